The maximum Gasteiger partial charge on any atom is 0.272 e. The van der Waals surface area contributed by atoms with Crippen LogP contribution in [0.15, 0.2) is 76.8 Å². The third-order valence-corrected chi connectivity index (χ3v) is 7.50. The highest BCUT2D eigenvalue weighted by atomic mass is 35.5. The third kappa shape index (κ3) is 4.21. The van der Waals surface area contributed by atoms with E-state index in [-0.39, 0.29) is 5.56 Å². The third-order valence-electron chi connectivity index (χ3n) is 4.85. The van der Waals surface area contributed by atoms with Crippen LogP contribution >= 0.6 is 46.3 Å². The van der Waals surface area contributed by atoms with Crippen LogP contribution in [0.25, 0.3) is 20.4 Å². The first kappa shape index (κ1) is 20.5. The van der Waals surface area contributed by atoms with Gasteiger partial charge >= 0.3 is 0 Å². The lowest BCUT2D eigenvalue weighted by molar-refractivity contribution is 0.659. The van der Waals surface area contributed by atoms with Crippen molar-refractivity contribution >= 4 is 66.7 Å². The molecule has 0 aliphatic rings. The highest BCUT2D eigenvalue weighted by Crippen LogP contribution is 2.31. The number of rotatable bonds is 5. The quantitative estimate of drug-likeness (QED) is 0.207. The summed E-state index contributed by atoms with van der Waals surface area (Å²) in [5.41, 5.74) is 2.75. The van der Waals surface area contributed by atoms with E-state index in [9.17, 15) is 4.79 Å². The predicted octanol–water partition coefficient (Wildman–Crippen LogP) is 6.65. The second-order valence-electron chi connectivity index (χ2n) is 6.96. The number of benzene rings is 2. The van der Waals surface area contributed by atoms with Crippen molar-refractivity contribution in [1.82, 2.24) is 14.5 Å². The Morgan fingerprint density at radius 3 is 2.32 bits per heavy atom. The summed E-state index contributed by atoms with van der Waals surface area (Å²) in [6, 6.07) is 19.1. The second kappa shape index (κ2) is 8.63. The number of halogens is 2. The number of thioether (sulfide) groups is 1. The van der Waals surface area contributed by atoms with Crippen LogP contribution in [-0.2, 0) is 12.3 Å². The van der Waals surface area contributed by atoms with Crippen molar-refractivity contribution in [2.24, 2.45) is 0 Å². The summed E-state index contributed by atoms with van der Waals surface area (Å²) in [7, 11) is 0. The van der Waals surface area contributed by atoms with Crippen LogP contribution in [0.4, 0.5) is 0 Å². The average molecular weight is 484 g/mol. The molecule has 0 saturated heterocycles. The van der Waals surface area contributed by atoms with E-state index in [1.54, 1.807) is 10.8 Å². The first-order valence-electron chi connectivity index (χ1n) is 9.48. The molecule has 8 heteroatoms. The Bertz CT molecular complexity index is 1440. The average Bonchev–Trinajstić information content (AvgIpc) is 3.16. The summed E-state index contributed by atoms with van der Waals surface area (Å²) in [4.78, 5) is 23.6. The van der Waals surface area contributed by atoms with Gasteiger partial charge in [0.05, 0.1) is 12.1 Å². The fraction of sp³-hybridized carbons (Fsp3) is 0.0870. The molecule has 0 aliphatic heterocycles. The monoisotopic (exact) mass is 483 g/mol. The zero-order chi connectivity index (χ0) is 21.4. The number of hydrogen-bond donors (Lipinski definition) is 0. The summed E-state index contributed by atoms with van der Waals surface area (Å²) in [5.74, 6) is 0.677. The van der Waals surface area contributed by atoms with Crippen LogP contribution < -0.4 is 5.56 Å². The maximum absolute atomic E-state index is 13.5. The van der Waals surface area contributed by atoms with Crippen LogP contribution in [0, 0.1) is 0 Å². The van der Waals surface area contributed by atoms with E-state index < -0.39 is 0 Å². The lowest BCUT2D eigenvalue weighted by Crippen LogP contribution is -2.23. The lowest BCUT2D eigenvalue weighted by atomic mass is 10.2. The first-order chi connectivity index (χ1) is 15.1. The zero-order valence-electron chi connectivity index (χ0n) is 16.1. The molecule has 0 amide bonds. The van der Waals surface area contributed by atoms with Gasteiger partial charge in [-0.1, -0.05) is 59.2 Å². The number of fused-ring (bicyclic) bond motifs is 3. The van der Waals surface area contributed by atoms with Gasteiger partial charge in [-0.3, -0.25) is 9.36 Å². The van der Waals surface area contributed by atoms with Crippen molar-refractivity contribution < 1.29 is 0 Å². The lowest BCUT2D eigenvalue weighted by Gasteiger charge is -2.12. The Balaban J connectivity index is 1.62. The maximum atomic E-state index is 13.5. The van der Waals surface area contributed by atoms with Crippen LogP contribution in [0.2, 0.25) is 10.0 Å². The molecule has 154 valence electrons. The van der Waals surface area contributed by atoms with Gasteiger partial charge in [-0.2, -0.15) is 0 Å². The first-order valence-corrected chi connectivity index (χ1v) is 12.0. The van der Waals surface area contributed by atoms with Gasteiger partial charge in [0, 0.05) is 27.4 Å². The van der Waals surface area contributed by atoms with E-state index in [2.05, 4.69) is 4.98 Å². The Kier molecular flexibility index (Phi) is 5.71. The van der Waals surface area contributed by atoms with Crippen molar-refractivity contribution in [2.75, 3.05) is 0 Å². The number of aromatic nitrogens is 3. The molecule has 5 aromatic rings. The van der Waals surface area contributed by atoms with Gasteiger partial charge < -0.3 is 0 Å². The molecular weight excluding hydrogens is 469 g/mol. The number of pyridine rings is 1. The largest absolute Gasteiger partial charge is 0.282 e. The van der Waals surface area contributed by atoms with Crippen LogP contribution in [0.5, 0.6) is 0 Å². The molecular formula is C23H15Cl2N3OS2. The van der Waals surface area contributed by atoms with Crippen LogP contribution in [0.3, 0.4) is 0 Å². The Hall–Kier alpha value is -2.38. The minimum atomic E-state index is -0.0541. The Labute approximate surface area is 196 Å². The topological polar surface area (TPSA) is 47.8 Å². The standard InChI is InChI=1S/C23H15Cl2N3OS2/c24-16-7-3-14(4-8-16)12-28-22(29)20-19(18-2-1-11-26-21(18)31-20)27-23(28)30-13-15-5-9-17(25)10-6-15/h1-11H,12-13H2. The normalized spacial score (nSPS) is 11.4. The summed E-state index contributed by atoms with van der Waals surface area (Å²) < 4.78 is 2.36. The summed E-state index contributed by atoms with van der Waals surface area (Å²) in [6.07, 6.45) is 1.74. The molecule has 0 N–H and O–H groups in total. The number of nitrogens with zero attached hydrogens (tertiary/aromatic N) is 3. The molecule has 2 aromatic carbocycles. The Morgan fingerprint density at radius 1 is 0.935 bits per heavy atom. The molecule has 0 spiro atoms. The molecule has 0 bridgehead atoms. The molecule has 0 fully saturated rings. The van der Waals surface area contributed by atoms with Gasteiger partial charge in [-0.15, -0.1) is 11.3 Å². The summed E-state index contributed by atoms with van der Waals surface area (Å²) >= 11 is 15.0. The smallest absolute Gasteiger partial charge is 0.272 e. The Morgan fingerprint density at radius 2 is 1.61 bits per heavy atom. The summed E-state index contributed by atoms with van der Waals surface area (Å²) in [5, 5.41) is 2.94. The molecule has 0 unspecified atom stereocenters. The van der Waals surface area contributed by atoms with E-state index in [0.29, 0.717) is 37.7 Å². The predicted molar refractivity (Wildman–Crippen MR) is 131 cm³/mol. The molecule has 0 atom stereocenters. The molecule has 5 rings (SSSR count). The highest BCUT2D eigenvalue weighted by Gasteiger charge is 2.17. The van der Waals surface area contributed by atoms with Crippen molar-refractivity contribution in [1.29, 1.82) is 0 Å². The van der Waals surface area contributed by atoms with Gasteiger partial charge in [0.1, 0.15) is 9.53 Å². The molecule has 31 heavy (non-hydrogen) atoms. The minimum Gasteiger partial charge on any atom is -0.282 e. The molecule has 3 heterocycles. The van der Waals surface area contributed by atoms with Gasteiger partial charge in [-0.25, -0.2) is 9.97 Å². The van der Waals surface area contributed by atoms with E-state index in [4.69, 9.17) is 28.2 Å². The van der Waals surface area contributed by atoms with E-state index in [1.165, 1.54) is 23.1 Å². The number of hydrogen-bond acceptors (Lipinski definition) is 5. The fourth-order valence-corrected chi connectivity index (χ4v) is 5.52. The molecule has 3 aromatic heterocycles. The van der Waals surface area contributed by atoms with Gasteiger partial charge in [0.15, 0.2) is 5.16 Å². The van der Waals surface area contributed by atoms with Crippen molar-refractivity contribution in [3.63, 3.8) is 0 Å². The second-order valence-corrected chi connectivity index (χ2v) is 9.78. The minimum absolute atomic E-state index is 0.0541. The van der Waals surface area contributed by atoms with Crippen LogP contribution in [-0.4, -0.2) is 14.5 Å². The SMILES string of the molecule is O=c1c2sc3ncccc3c2nc(SCc2ccc(Cl)cc2)n1Cc1ccc(Cl)cc1. The molecule has 0 saturated carbocycles. The highest BCUT2D eigenvalue weighted by molar-refractivity contribution is 7.98. The van der Waals surface area contributed by atoms with Crippen molar-refractivity contribution in [2.45, 2.75) is 17.5 Å². The van der Waals surface area contributed by atoms with Gasteiger partial charge in [0.25, 0.3) is 5.56 Å². The van der Waals surface area contributed by atoms with E-state index in [1.807, 2.05) is 60.7 Å². The van der Waals surface area contributed by atoms with E-state index in [0.717, 1.165) is 21.3 Å². The van der Waals surface area contributed by atoms with Crippen molar-refractivity contribution in [3.8, 4) is 0 Å². The molecule has 4 nitrogen and oxygen atoms in total. The van der Waals surface area contributed by atoms with Crippen molar-refractivity contribution in [3.05, 3.63) is 98.4 Å². The fourth-order valence-electron chi connectivity index (χ4n) is 3.29. The van der Waals surface area contributed by atoms with Crippen LogP contribution in [0.1, 0.15) is 11.1 Å². The van der Waals surface area contributed by atoms with Gasteiger partial charge in [-0.05, 0) is 47.5 Å². The summed E-state index contributed by atoms with van der Waals surface area (Å²) in [6.45, 7) is 0.420. The van der Waals surface area contributed by atoms with Gasteiger partial charge in [0.2, 0.25) is 0 Å². The van der Waals surface area contributed by atoms with E-state index >= 15 is 0 Å². The zero-order valence-corrected chi connectivity index (χ0v) is 19.2. The molecule has 0 aliphatic carbocycles. The molecule has 0 radical (unpaired) electrons. The number of thiophene rings is 1.